The molecule has 0 aromatic heterocycles. The van der Waals surface area contributed by atoms with Gasteiger partial charge in [0.15, 0.2) is 0 Å². The average Bonchev–Trinajstić information content (AvgIpc) is 2.47. The Morgan fingerprint density at radius 1 is 1.50 bits per heavy atom. The summed E-state index contributed by atoms with van der Waals surface area (Å²) in [6.45, 7) is 10.9. The van der Waals surface area contributed by atoms with Crippen molar-refractivity contribution in [1.82, 2.24) is 4.90 Å². The van der Waals surface area contributed by atoms with Crippen LogP contribution in [-0.4, -0.2) is 24.0 Å². The maximum atomic E-state index is 3.83. The molecule has 0 saturated carbocycles. The average molecular weight is 167 g/mol. The standard InChI is InChI=1S/C11H21N/c1-4-7-10-8-9-12(6-3)11(10)5-2/h4,10-11H,1,5-9H2,2-3H3. The predicted octanol–water partition coefficient (Wildman–Crippen LogP) is 2.68. The summed E-state index contributed by atoms with van der Waals surface area (Å²) >= 11 is 0. The molecule has 0 N–H and O–H groups in total. The van der Waals surface area contributed by atoms with Crippen molar-refractivity contribution in [2.45, 2.75) is 39.2 Å². The lowest BCUT2D eigenvalue weighted by Gasteiger charge is -2.25. The van der Waals surface area contributed by atoms with Crippen LogP contribution in [0.4, 0.5) is 0 Å². The molecule has 1 nitrogen and oxygen atoms in total. The van der Waals surface area contributed by atoms with Crippen LogP contribution in [-0.2, 0) is 0 Å². The molecule has 1 aliphatic heterocycles. The third-order valence-electron chi connectivity index (χ3n) is 3.09. The SMILES string of the molecule is C=CCC1CCN(CC)C1CC. The molecule has 0 radical (unpaired) electrons. The fourth-order valence-corrected chi connectivity index (χ4v) is 2.46. The summed E-state index contributed by atoms with van der Waals surface area (Å²) in [6, 6.07) is 0.827. The van der Waals surface area contributed by atoms with Crippen molar-refractivity contribution in [2.75, 3.05) is 13.1 Å². The predicted molar refractivity (Wildman–Crippen MR) is 54.2 cm³/mol. The summed E-state index contributed by atoms with van der Waals surface area (Å²) in [4.78, 5) is 2.61. The largest absolute Gasteiger partial charge is 0.300 e. The quantitative estimate of drug-likeness (QED) is 0.582. The molecule has 0 bridgehead atoms. The molecule has 0 spiro atoms. The summed E-state index contributed by atoms with van der Waals surface area (Å²) < 4.78 is 0. The molecule has 1 saturated heterocycles. The third-order valence-corrected chi connectivity index (χ3v) is 3.09. The third kappa shape index (κ3) is 1.89. The van der Waals surface area contributed by atoms with E-state index in [9.17, 15) is 0 Å². The van der Waals surface area contributed by atoms with E-state index in [2.05, 4.69) is 31.4 Å². The van der Waals surface area contributed by atoms with Crippen LogP contribution >= 0.6 is 0 Å². The van der Waals surface area contributed by atoms with Gasteiger partial charge in [-0.15, -0.1) is 6.58 Å². The van der Waals surface area contributed by atoms with Gasteiger partial charge in [0.2, 0.25) is 0 Å². The molecule has 2 atom stereocenters. The van der Waals surface area contributed by atoms with Crippen LogP contribution in [0.15, 0.2) is 12.7 Å². The first kappa shape index (κ1) is 9.79. The number of hydrogen-bond donors (Lipinski definition) is 0. The zero-order valence-electron chi connectivity index (χ0n) is 8.42. The molecular formula is C11H21N. The highest BCUT2D eigenvalue weighted by atomic mass is 15.2. The zero-order chi connectivity index (χ0) is 8.97. The van der Waals surface area contributed by atoms with Crippen molar-refractivity contribution in [3.05, 3.63) is 12.7 Å². The Labute approximate surface area is 76.5 Å². The van der Waals surface area contributed by atoms with E-state index in [1.54, 1.807) is 0 Å². The minimum absolute atomic E-state index is 0.827. The summed E-state index contributed by atoms with van der Waals surface area (Å²) in [7, 11) is 0. The molecule has 1 heterocycles. The molecule has 1 fully saturated rings. The molecule has 0 aromatic rings. The van der Waals surface area contributed by atoms with Crippen LogP contribution in [0.2, 0.25) is 0 Å². The van der Waals surface area contributed by atoms with E-state index < -0.39 is 0 Å². The maximum Gasteiger partial charge on any atom is 0.0124 e. The van der Waals surface area contributed by atoms with Crippen LogP contribution in [0.25, 0.3) is 0 Å². The van der Waals surface area contributed by atoms with Crippen molar-refractivity contribution in [3.63, 3.8) is 0 Å². The summed E-state index contributed by atoms with van der Waals surface area (Å²) in [5.74, 6) is 0.882. The molecule has 2 unspecified atom stereocenters. The van der Waals surface area contributed by atoms with Gasteiger partial charge in [-0.2, -0.15) is 0 Å². The summed E-state index contributed by atoms with van der Waals surface area (Å²) in [5.41, 5.74) is 0. The highest BCUT2D eigenvalue weighted by Gasteiger charge is 2.30. The van der Waals surface area contributed by atoms with Crippen molar-refractivity contribution >= 4 is 0 Å². The highest BCUT2D eigenvalue weighted by molar-refractivity contribution is 4.89. The number of allylic oxidation sites excluding steroid dienone is 1. The molecular weight excluding hydrogens is 146 g/mol. The van der Waals surface area contributed by atoms with Gasteiger partial charge in [-0.1, -0.05) is 19.9 Å². The molecule has 1 heteroatoms. The van der Waals surface area contributed by atoms with E-state index in [1.807, 2.05) is 0 Å². The number of hydrogen-bond acceptors (Lipinski definition) is 1. The van der Waals surface area contributed by atoms with Crippen molar-refractivity contribution < 1.29 is 0 Å². The maximum absolute atomic E-state index is 3.83. The fraction of sp³-hybridized carbons (Fsp3) is 0.818. The topological polar surface area (TPSA) is 3.24 Å². The molecule has 1 rings (SSSR count). The monoisotopic (exact) mass is 167 g/mol. The molecule has 0 aromatic carbocycles. The molecule has 70 valence electrons. The normalized spacial score (nSPS) is 30.8. The van der Waals surface area contributed by atoms with Gasteiger partial charge in [-0.05, 0) is 38.3 Å². The highest BCUT2D eigenvalue weighted by Crippen LogP contribution is 2.28. The number of rotatable bonds is 4. The lowest BCUT2D eigenvalue weighted by Crippen LogP contribution is -2.31. The van der Waals surface area contributed by atoms with E-state index in [0.29, 0.717) is 0 Å². The van der Waals surface area contributed by atoms with Crippen LogP contribution < -0.4 is 0 Å². The Morgan fingerprint density at radius 2 is 2.25 bits per heavy atom. The molecule has 0 amide bonds. The second kappa shape index (κ2) is 4.66. The van der Waals surface area contributed by atoms with Crippen LogP contribution in [0.3, 0.4) is 0 Å². The number of likely N-dealkylation sites (tertiary alicyclic amines) is 1. The van der Waals surface area contributed by atoms with Gasteiger partial charge in [-0.25, -0.2) is 0 Å². The first-order chi connectivity index (χ1) is 5.83. The lowest BCUT2D eigenvalue weighted by molar-refractivity contribution is 0.230. The van der Waals surface area contributed by atoms with E-state index in [4.69, 9.17) is 0 Å². The van der Waals surface area contributed by atoms with Crippen molar-refractivity contribution in [1.29, 1.82) is 0 Å². The fourth-order valence-electron chi connectivity index (χ4n) is 2.46. The van der Waals surface area contributed by atoms with Gasteiger partial charge >= 0.3 is 0 Å². The van der Waals surface area contributed by atoms with Crippen LogP contribution in [0.5, 0.6) is 0 Å². The second-order valence-electron chi connectivity index (χ2n) is 3.68. The number of nitrogens with zero attached hydrogens (tertiary/aromatic N) is 1. The minimum Gasteiger partial charge on any atom is -0.300 e. The van der Waals surface area contributed by atoms with Crippen molar-refractivity contribution in [2.24, 2.45) is 5.92 Å². The summed E-state index contributed by atoms with van der Waals surface area (Å²) in [6.07, 6.45) is 5.95. The minimum atomic E-state index is 0.827. The Bertz CT molecular complexity index is 142. The zero-order valence-corrected chi connectivity index (χ0v) is 8.42. The van der Waals surface area contributed by atoms with Gasteiger partial charge < -0.3 is 4.90 Å². The van der Waals surface area contributed by atoms with E-state index in [1.165, 1.54) is 32.4 Å². The van der Waals surface area contributed by atoms with E-state index >= 15 is 0 Å². The van der Waals surface area contributed by atoms with E-state index in [-0.39, 0.29) is 0 Å². The second-order valence-corrected chi connectivity index (χ2v) is 3.68. The Morgan fingerprint density at radius 3 is 2.75 bits per heavy atom. The molecule has 12 heavy (non-hydrogen) atoms. The first-order valence-electron chi connectivity index (χ1n) is 5.18. The van der Waals surface area contributed by atoms with Gasteiger partial charge in [0.1, 0.15) is 0 Å². The van der Waals surface area contributed by atoms with Gasteiger partial charge in [0.25, 0.3) is 0 Å². The Kier molecular flexibility index (Phi) is 3.80. The van der Waals surface area contributed by atoms with E-state index in [0.717, 1.165) is 12.0 Å². The Hall–Kier alpha value is -0.300. The first-order valence-corrected chi connectivity index (χ1v) is 5.18. The lowest BCUT2D eigenvalue weighted by atomic mass is 9.95. The van der Waals surface area contributed by atoms with Gasteiger partial charge in [0.05, 0.1) is 0 Å². The smallest absolute Gasteiger partial charge is 0.0124 e. The Balaban J connectivity index is 2.49. The van der Waals surface area contributed by atoms with Gasteiger partial charge in [0, 0.05) is 6.04 Å². The van der Waals surface area contributed by atoms with Crippen molar-refractivity contribution in [3.8, 4) is 0 Å². The molecule has 1 aliphatic rings. The summed E-state index contributed by atoms with van der Waals surface area (Å²) in [5, 5.41) is 0. The van der Waals surface area contributed by atoms with Gasteiger partial charge in [-0.3, -0.25) is 0 Å². The van der Waals surface area contributed by atoms with Crippen LogP contribution in [0, 0.1) is 5.92 Å². The van der Waals surface area contributed by atoms with Crippen LogP contribution in [0.1, 0.15) is 33.1 Å². The molecule has 0 aliphatic carbocycles.